The zero-order chi connectivity index (χ0) is 17.2. The second-order valence-electron chi connectivity index (χ2n) is 6.61. The second kappa shape index (κ2) is 6.23. The first kappa shape index (κ1) is 19.7. The molecule has 0 aliphatic rings. The molecule has 0 heterocycles. The number of nitrogens with two attached hydrogens (primary N) is 1. The number of hydrogen-bond acceptors (Lipinski definition) is 7. The topological polar surface area (TPSA) is 116 Å². The van der Waals surface area contributed by atoms with Gasteiger partial charge in [-0.1, -0.05) is 0 Å². The lowest BCUT2D eigenvalue weighted by Crippen LogP contribution is -2.65. The molecule has 0 bridgehead atoms. The summed E-state index contributed by atoms with van der Waals surface area (Å²) < 4.78 is 9.97. The number of carboxylic acid groups (broad SMARTS) is 1. The van der Waals surface area contributed by atoms with Crippen molar-refractivity contribution in [1.29, 1.82) is 0 Å². The summed E-state index contributed by atoms with van der Waals surface area (Å²) >= 11 is 3.86. The van der Waals surface area contributed by atoms with E-state index in [0.29, 0.717) is 0 Å². The van der Waals surface area contributed by atoms with E-state index in [1.165, 1.54) is 0 Å². The van der Waals surface area contributed by atoms with Crippen molar-refractivity contribution < 1.29 is 29.0 Å². The smallest absolute Gasteiger partial charge is 0.340 e. The lowest BCUT2D eigenvalue weighted by molar-refractivity contribution is -0.174. The molecular formula is C13H23NO6S. The summed E-state index contributed by atoms with van der Waals surface area (Å²) in [7, 11) is 0. The van der Waals surface area contributed by atoms with Gasteiger partial charge < -0.3 is 20.3 Å². The Kier molecular flexibility index (Phi) is 5.85. The Balaban J connectivity index is 5.43. The minimum atomic E-state index is -2.64. The maximum atomic E-state index is 12.0. The molecule has 122 valence electrons. The van der Waals surface area contributed by atoms with Crippen molar-refractivity contribution >= 4 is 30.5 Å². The lowest BCUT2D eigenvalue weighted by Gasteiger charge is -2.32. The predicted molar refractivity (Wildman–Crippen MR) is 79.0 cm³/mol. The molecule has 0 fully saturated rings. The van der Waals surface area contributed by atoms with Crippen molar-refractivity contribution in [1.82, 2.24) is 0 Å². The normalized spacial score (nSPS) is 16.6. The molecule has 0 aliphatic heterocycles. The van der Waals surface area contributed by atoms with Gasteiger partial charge in [-0.05, 0) is 41.5 Å². The maximum absolute atomic E-state index is 12.0. The van der Waals surface area contributed by atoms with Crippen LogP contribution < -0.4 is 5.73 Å². The van der Waals surface area contributed by atoms with E-state index >= 15 is 0 Å². The van der Waals surface area contributed by atoms with Gasteiger partial charge in [0.05, 0.1) is 0 Å². The van der Waals surface area contributed by atoms with Crippen LogP contribution in [0, 0.1) is 0 Å². The van der Waals surface area contributed by atoms with Crippen molar-refractivity contribution in [3.05, 3.63) is 0 Å². The van der Waals surface area contributed by atoms with Crippen LogP contribution in [0.15, 0.2) is 0 Å². The molecule has 3 N–H and O–H groups in total. The van der Waals surface area contributed by atoms with E-state index in [4.69, 9.17) is 15.2 Å². The Morgan fingerprint density at radius 2 is 1.38 bits per heavy atom. The quantitative estimate of drug-likeness (QED) is 0.397. The summed E-state index contributed by atoms with van der Waals surface area (Å²) in [4.78, 5) is 35.4. The van der Waals surface area contributed by atoms with Crippen LogP contribution in [0.5, 0.6) is 0 Å². The second-order valence-corrected chi connectivity index (χ2v) is 7.13. The highest BCUT2D eigenvalue weighted by atomic mass is 32.1. The predicted octanol–water partition coefficient (Wildman–Crippen LogP) is 0.750. The van der Waals surface area contributed by atoms with E-state index < -0.39 is 39.9 Å². The van der Waals surface area contributed by atoms with Gasteiger partial charge in [-0.25, -0.2) is 9.59 Å². The Labute approximate surface area is 129 Å². The average molecular weight is 321 g/mol. The molecule has 2 atom stereocenters. The summed E-state index contributed by atoms with van der Waals surface area (Å²) in [5, 5.41) is 7.53. The largest absolute Gasteiger partial charge is 0.479 e. The number of carboxylic acids is 1. The van der Waals surface area contributed by atoms with Crippen LogP contribution >= 0.6 is 12.6 Å². The first-order valence-corrected chi connectivity index (χ1v) is 6.79. The number of carbonyl (C=O) groups is 3. The number of rotatable bonds is 4. The number of hydrogen-bond donors (Lipinski definition) is 3. The van der Waals surface area contributed by atoms with Crippen molar-refractivity contribution in [3.8, 4) is 0 Å². The monoisotopic (exact) mass is 321 g/mol. The summed E-state index contributed by atoms with van der Waals surface area (Å²) in [5.41, 5.74) is 1.13. The molecule has 0 aromatic carbocycles. The van der Waals surface area contributed by atoms with Gasteiger partial charge in [-0.2, -0.15) is 12.6 Å². The molecule has 0 aromatic heterocycles. The Morgan fingerprint density at radius 1 is 1.00 bits per heavy atom. The third-order valence-electron chi connectivity index (χ3n) is 2.15. The van der Waals surface area contributed by atoms with Crippen molar-refractivity contribution in [2.45, 2.75) is 63.5 Å². The summed E-state index contributed by atoms with van der Waals surface area (Å²) in [6.07, 6.45) is 0. The van der Waals surface area contributed by atoms with Crippen LogP contribution in [-0.4, -0.2) is 45.0 Å². The van der Waals surface area contributed by atoms with E-state index in [-0.39, 0.29) is 0 Å². The van der Waals surface area contributed by atoms with Gasteiger partial charge in [0, 0.05) is 0 Å². The maximum Gasteiger partial charge on any atom is 0.340 e. The van der Waals surface area contributed by atoms with Gasteiger partial charge in [-0.3, -0.25) is 4.79 Å². The van der Waals surface area contributed by atoms with E-state index in [0.717, 1.165) is 0 Å². The summed E-state index contributed by atoms with van der Waals surface area (Å²) in [6, 6.07) is 0. The van der Waals surface area contributed by atoms with Crippen LogP contribution in [0.4, 0.5) is 0 Å². The van der Waals surface area contributed by atoms with E-state index in [1.807, 2.05) is 0 Å². The Hall–Kier alpha value is -1.28. The molecule has 7 nitrogen and oxygen atoms in total. The van der Waals surface area contributed by atoms with E-state index in [1.54, 1.807) is 41.5 Å². The first-order valence-electron chi connectivity index (χ1n) is 6.28. The number of esters is 2. The molecule has 0 rings (SSSR count). The van der Waals surface area contributed by atoms with Gasteiger partial charge in [-0.15, -0.1) is 0 Å². The van der Waals surface area contributed by atoms with Gasteiger partial charge in [0.15, 0.2) is 0 Å². The average Bonchev–Trinajstić information content (AvgIpc) is 2.21. The molecule has 0 amide bonds. The molecule has 0 spiro atoms. The Bertz CT molecular complexity index is 437. The minimum Gasteiger partial charge on any atom is -0.479 e. The highest BCUT2D eigenvalue weighted by Gasteiger charge is 2.54. The van der Waals surface area contributed by atoms with E-state index in [2.05, 4.69) is 12.6 Å². The molecule has 0 aromatic rings. The highest BCUT2D eigenvalue weighted by Crippen LogP contribution is 2.23. The van der Waals surface area contributed by atoms with Crippen LogP contribution in [0.2, 0.25) is 0 Å². The summed E-state index contributed by atoms with van der Waals surface area (Å²) in [6.45, 7) is 9.43. The minimum absolute atomic E-state index is 0.870. The van der Waals surface area contributed by atoms with Crippen molar-refractivity contribution in [2.75, 3.05) is 0 Å². The highest BCUT2D eigenvalue weighted by molar-refractivity contribution is 7.82. The Morgan fingerprint density at radius 3 is 1.67 bits per heavy atom. The zero-order valence-electron chi connectivity index (χ0n) is 13.1. The summed E-state index contributed by atoms with van der Waals surface area (Å²) in [5.74, 6) is -3.99. The van der Waals surface area contributed by atoms with Crippen LogP contribution in [0.1, 0.15) is 41.5 Å². The van der Waals surface area contributed by atoms with Crippen molar-refractivity contribution in [3.63, 3.8) is 0 Å². The molecule has 0 aliphatic carbocycles. The molecule has 8 heteroatoms. The van der Waals surface area contributed by atoms with Crippen molar-refractivity contribution in [2.24, 2.45) is 5.73 Å². The standard InChI is InChI=1S/C13H23NO6S/c1-11(2,3)19-8(15)7(21)13(14,9(16)17)10(18)20-12(4,5)6/h7,21H,14H2,1-6H3,(H,16,17). The van der Waals surface area contributed by atoms with Crippen LogP contribution in [-0.2, 0) is 23.9 Å². The third-order valence-corrected chi connectivity index (χ3v) is 2.77. The van der Waals surface area contributed by atoms with Gasteiger partial charge in [0.1, 0.15) is 16.5 Å². The van der Waals surface area contributed by atoms with Crippen LogP contribution in [0.3, 0.4) is 0 Å². The molecule has 21 heavy (non-hydrogen) atoms. The van der Waals surface area contributed by atoms with Crippen LogP contribution in [0.25, 0.3) is 0 Å². The molecule has 2 unspecified atom stereocenters. The number of aliphatic carboxylic acids is 1. The number of thiol groups is 1. The molecule has 0 radical (unpaired) electrons. The first-order chi connectivity index (χ1) is 9.11. The van der Waals surface area contributed by atoms with Gasteiger partial charge >= 0.3 is 17.9 Å². The lowest BCUT2D eigenvalue weighted by atomic mass is 9.95. The fourth-order valence-electron chi connectivity index (χ4n) is 1.22. The van der Waals surface area contributed by atoms with E-state index in [9.17, 15) is 19.5 Å². The van der Waals surface area contributed by atoms with Gasteiger partial charge in [0.25, 0.3) is 0 Å². The fraction of sp³-hybridized carbons (Fsp3) is 0.769. The molecule has 0 saturated carbocycles. The third kappa shape index (κ3) is 5.55. The number of ether oxygens (including phenoxy) is 2. The SMILES string of the molecule is CC(C)(C)OC(=O)C(S)C(N)(C(=O)O)C(=O)OC(C)(C)C. The number of carbonyl (C=O) groups excluding carboxylic acids is 2. The zero-order valence-corrected chi connectivity index (χ0v) is 14.0. The van der Waals surface area contributed by atoms with Gasteiger partial charge in [0.2, 0.25) is 5.54 Å². The fourth-order valence-corrected chi connectivity index (χ4v) is 1.49. The molecular weight excluding hydrogens is 298 g/mol. The molecule has 0 saturated heterocycles.